The first-order chi connectivity index (χ1) is 8.85. The summed E-state index contributed by atoms with van der Waals surface area (Å²) in [6, 6.07) is 0. The summed E-state index contributed by atoms with van der Waals surface area (Å²) >= 11 is 0. The second-order valence-electron chi connectivity index (χ2n) is 5.55. The molecule has 4 nitrogen and oxygen atoms in total. The Balaban J connectivity index is 3.28. The third-order valence-electron chi connectivity index (χ3n) is 3.65. The van der Waals surface area contributed by atoms with E-state index in [4.69, 9.17) is 9.47 Å². The number of hydrogen-bond acceptors (Lipinski definition) is 4. The first kappa shape index (κ1) is 15.7. The summed E-state index contributed by atoms with van der Waals surface area (Å²) in [7, 11) is 0. The van der Waals surface area contributed by atoms with Gasteiger partial charge in [0.05, 0.1) is 13.2 Å². The summed E-state index contributed by atoms with van der Waals surface area (Å²) in [5.74, 6) is -0.908. The lowest BCUT2D eigenvalue weighted by Gasteiger charge is -2.24. The lowest BCUT2D eigenvalue weighted by Crippen LogP contribution is -2.25. The van der Waals surface area contributed by atoms with Crippen LogP contribution in [0.15, 0.2) is 11.1 Å². The maximum atomic E-state index is 12.1. The molecule has 1 rings (SSSR count). The first-order valence-corrected chi connectivity index (χ1v) is 6.94. The van der Waals surface area contributed by atoms with Gasteiger partial charge in [0.25, 0.3) is 0 Å². The monoisotopic (exact) mass is 268 g/mol. The van der Waals surface area contributed by atoms with E-state index in [9.17, 15) is 9.59 Å². The molecule has 108 valence electrons. The van der Waals surface area contributed by atoms with Gasteiger partial charge < -0.3 is 9.47 Å². The molecule has 0 radical (unpaired) electrons. The quantitative estimate of drug-likeness (QED) is 0.340. The molecule has 1 aliphatic rings. The summed E-state index contributed by atoms with van der Waals surface area (Å²) in [4.78, 5) is 24.2. The highest BCUT2D eigenvalue weighted by molar-refractivity contribution is 6.15. The Morgan fingerprint density at radius 2 is 1.63 bits per heavy atom. The minimum Gasteiger partial charge on any atom is -0.462 e. The van der Waals surface area contributed by atoms with Gasteiger partial charge in [-0.15, -0.1) is 0 Å². The zero-order valence-electron chi connectivity index (χ0n) is 12.5. The van der Waals surface area contributed by atoms with Gasteiger partial charge in [-0.3, -0.25) is 0 Å². The standard InChI is InChI=1S/C15H24O4/c1-6-18-13(16)11(14(17)19-7-2)12-10(3)8-9-15(12,4)5/h10H,6-9H2,1-5H3. The summed E-state index contributed by atoms with van der Waals surface area (Å²) < 4.78 is 10.1. The number of carbonyl (C=O) groups excluding carboxylic acids is 2. The number of ether oxygens (including phenoxy) is 2. The number of esters is 2. The molecule has 1 atom stereocenters. The molecule has 1 fully saturated rings. The third kappa shape index (κ3) is 3.37. The molecule has 0 aliphatic heterocycles. The molecule has 1 saturated carbocycles. The van der Waals surface area contributed by atoms with Crippen LogP contribution in [0, 0.1) is 11.3 Å². The second kappa shape index (κ2) is 6.22. The van der Waals surface area contributed by atoms with Gasteiger partial charge in [-0.2, -0.15) is 0 Å². The van der Waals surface area contributed by atoms with Crippen molar-refractivity contribution in [3.8, 4) is 0 Å². The molecular weight excluding hydrogens is 244 g/mol. The second-order valence-corrected chi connectivity index (χ2v) is 5.55. The van der Waals surface area contributed by atoms with Crippen LogP contribution >= 0.6 is 0 Å². The Kier molecular flexibility index (Phi) is 5.15. The minimum atomic E-state index is -0.558. The third-order valence-corrected chi connectivity index (χ3v) is 3.65. The lowest BCUT2D eigenvalue weighted by molar-refractivity contribution is -0.146. The zero-order valence-corrected chi connectivity index (χ0v) is 12.5. The highest BCUT2D eigenvalue weighted by Gasteiger charge is 2.41. The van der Waals surface area contributed by atoms with Gasteiger partial charge >= 0.3 is 11.9 Å². The van der Waals surface area contributed by atoms with Gasteiger partial charge in [-0.05, 0) is 43.6 Å². The van der Waals surface area contributed by atoms with Crippen molar-refractivity contribution in [3.63, 3.8) is 0 Å². The average Bonchev–Trinajstić information content (AvgIpc) is 2.57. The molecule has 0 aromatic carbocycles. The molecule has 0 saturated heterocycles. The molecule has 1 unspecified atom stereocenters. The van der Waals surface area contributed by atoms with E-state index < -0.39 is 11.9 Å². The van der Waals surface area contributed by atoms with E-state index >= 15 is 0 Å². The van der Waals surface area contributed by atoms with Crippen LogP contribution in [0.1, 0.15) is 47.5 Å². The fourth-order valence-corrected chi connectivity index (χ4v) is 2.82. The Morgan fingerprint density at radius 3 is 1.95 bits per heavy atom. The summed E-state index contributed by atoms with van der Waals surface area (Å²) in [6.07, 6.45) is 1.94. The fourth-order valence-electron chi connectivity index (χ4n) is 2.82. The Labute approximate surface area is 115 Å². The summed E-state index contributed by atoms with van der Waals surface area (Å²) in [5, 5.41) is 0. The van der Waals surface area contributed by atoms with Crippen LogP contribution < -0.4 is 0 Å². The van der Waals surface area contributed by atoms with Crippen molar-refractivity contribution < 1.29 is 19.1 Å². The number of rotatable bonds is 4. The van der Waals surface area contributed by atoms with E-state index in [1.54, 1.807) is 13.8 Å². The topological polar surface area (TPSA) is 52.6 Å². The van der Waals surface area contributed by atoms with Crippen LogP contribution in [0.3, 0.4) is 0 Å². The van der Waals surface area contributed by atoms with E-state index in [0.717, 1.165) is 18.4 Å². The summed E-state index contributed by atoms with van der Waals surface area (Å²) in [5.41, 5.74) is 0.831. The van der Waals surface area contributed by atoms with Crippen LogP contribution in [0.5, 0.6) is 0 Å². The van der Waals surface area contributed by atoms with Gasteiger partial charge in [-0.1, -0.05) is 20.8 Å². The molecule has 0 spiro atoms. The maximum absolute atomic E-state index is 12.1. The molecular formula is C15H24O4. The van der Waals surface area contributed by atoms with Crippen LogP contribution in [0.4, 0.5) is 0 Å². The van der Waals surface area contributed by atoms with Crippen molar-refractivity contribution in [1.29, 1.82) is 0 Å². The van der Waals surface area contributed by atoms with Crippen LogP contribution in [0.25, 0.3) is 0 Å². The molecule has 0 aromatic rings. The van der Waals surface area contributed by atoms with Crippen molar-refractivity contribution in [2.75, 3.05) is 13.2 Å². The average molecular weight is 268 g/mol. The molecule has 0 bridgehead atoms. The van der Waals surface area contributed by atoms with E-state index in [1.807, 2.05) is 6.92 Å². The molecule has 0 amide bonds. The van der Waals surface area contributed by atoms with Gasteiger partial charge in [0.2, 0.25) is 0 Å². The highest BCUT2D eigenvalue weighted by atomic mass is 16.6. The van der Waals surface area contributed by atoms with Crippen LogP contribution in [0.2, 0.25) is 0 Å². The number of carbonyl (C=O) groups is 2. The minimum absolute atomic E-state index is 0.110. The lowest BCUT2D eigenvalue weighted by atomic mass is 9.81. The maximum Gasteiger partial charge on any atom is 0.345 e. The smallest absolute Gasteiger partial charge is 0.345 e. The predicted molar refractivity (Wildman–Crippen MR) is 72.5 cm³/mol. The van der Waals surface area contributed by atoms with Crippen molar-refractivity contribution in [2.24, 2.45) is 11.3 Å². The largest absolute Gasteiger partial charge is 0.462 e. The Morgan fingerprint density at radius 1 is 1.16 bits per heavy atom. The van der Waals surface area contributed by atoms with E-state index in [2.05, 4.69) is 13.8 Å². The SMILES string of the molecule is CCOC(=O)C(C(=O)OCC)=C1C(C)CCC1(C)C. The predicted octanol–water partition coefficient (Wildman–Crippen LogP) is 2.87. The molecule has 0 heterocycles. The normalized spacial score (nSPS) is 21.1. The van der Waals surface area contributed by atoms with E-state index in [-0.39, 0.29) is 30.1 Å². The van der Waals surface area contributed by atoms with E-state index in [1.165, 1.54) is 0 Å². The molecule has 0 aromatic heterocycles. The van der Waals surface area contributed by atoms with Gasteiger partial charge in [0, 0.05) is 0 Å². The number of allylic oxidation sites excluding steroid dienone is 1. The highest BCUT2D eigenvalue weighted by Crippen LogP contribution is 2.47. The van der Waals surface area contributed by atoms with Crippen molar-refractivity contribution in [2.45, 2.75) is 47.5 Å². The molecule has 19 heavy (non-hydrogen) atoms. The zero-order chi connectivity index (χ0) is 14.6. The van der Waals surface area contributed by atoms with Gasteiger partial charge in [0.15, 0.2) is 0 Å². The molecule has 0 N–H and O–H groups in total. The Hall–Kier alpha value is -1.32. The van der Waals surface area contributed by atoms with E-state index in [0.29, 0.717) is 0 Å². The fraction of sp³-hybridized carbons (Fsp3) is 0.733. The first-order valence-electron chi connectivity index (χ1n) is 6.94. The van der Waals surface area contributed by atoms with Crippen molar-refractivity contribution in [1.82, 2.24) is 0 Å². The molecule has 4 heteroatoms. The van der Waals surface area contributed by atoms with Crippen LogP contribution in [-0.2, 0) is 19.1 Å². The van der Waals surface area contributed by atoms with Gasteiger partial charge in [-0.25, -0.2) is 9.59 Å². The van der Waals surface area contributed by atoms with Crippen molar-refractivity contribution in [3.05, 3.63) is 11.1 Å². The van der Waals surface area contributed by atoms with Crippen molar-refractivity contribution >= 4 is 11.9 Å². The summed E-state index contributed by atoms with van der Waals surface area (Å²) in [6.45, 7) is 10.1. The molecule has 1 aliphatic carbocycles. The number of hydrogen-bond donors (Lipinski definition) is 0. The Bertz CT molecular complexity index is 373. The van der Waals surface area contributed by atoms with Gasteiger partial charge in [0.1, 0.15) is 5.57 Å². The van der Waals surface area contributed by atoms with Crippen LogP contribution in [-0.4, -0.2) is 25.2 Å².